The molecule has 0 atom stereocenters. The Morgan fingerprint density at radius 3 is 2.88 bits per heavy atom. The maximum Gasteiger partial charge on any atom is 0.257 e. The molecule has 0 aliphatic rings. The monoisotopic (exact) mass is 372 g/mol. The zero-order chi connectivity index (χ0) is 17.6. The molecule has 3 aromatic rings. The molecule has 0 bridgehead atoms. The molecular weight excluding hydrogens is 352 g/mol. The minimum atomic E-state index is 0.490. The predicted molar refractivity (Wildman–Crippen MR) is 106 cm³/mol. The summed E-state index contributed by atoms with van der Waals surface area (Å²) in [4.78, 5) is 3.02. The molecule has 0 aliphatic carbocycles. The van der Waals surface area contributed by atoms with E-state index in [1.807, 2.05) is 34.5 Å². The fraction of sp³-hybridized carbons (Fsp3) is 0.278. The van der Waals surface area contributed by atoms with Gasteiger partial charge in [0.25, 0.3) is 5.89 Å². The molecule has 0 aliphatic heterocycles. The number of hydrogen-bond donors (Lipinski definition) is 1. The molecular formula is C18H20N4OS2. The summed E-state index contributed by atoms with van der Waals surface area (Å²) >= 11 is 7.16. The van der Waals surface area contributed by atoms with Crippen molar-refractivity contribution in [2.75, 3.05) is 11.9 Å². The van der Waals surface area contributed by atoms with Gasteiger partial charge in [-0.15, -0.1) is 21.5 Å². The van der Waals surface area contributed by atoms with Gasteiger partial charge in [-0.2, -0.15) is 0 Å². The van der Waals surface area contributed by atoms with Crippen LogP contribution in [0.3, 0.4) is 0 Å². The molecule has 5 nitrogen and oxygen atoms in total. The van der Waals surface area contributed by atoms with E-state index < -0.39 is 0 Å². The van der Waals surface area contributed by atoms with Crippen LogP contribution < -0.4 is 5.32 Å². The van der Waals surface area contributed by atoms with Gasteiger partial charge in [-0.3, -0.25) is 0 Å². The van der Waals surface area contributed by atoms with Crippen molar-refractivity contribution in [3.8, 4) is 10.8 Å². The highest BCUT2D eigenvalue weighted by molar-refractivity contribution is 7.80. The third-order valence-electron chi connectivity index (χ3n) is 3.58. The first-order chi connectivity index (χ1) is 12.2. The number of rotatable bonds is 6. The van der Waals surface area contributed by atoms with Gasteiger partial charge < -0.3 is 14.6 Å². The van der Waals surface area contributed by atoms with Gasteiger partial charge in [0.1, 0.15) is 0 Å². The molecule has 25 heavy (non-hydrogen) atoms. The highest BCUT2D eigenvalue weighted by Crippen LogP contribution is 2.23. The van der Waals surface area contributed by atoms with Crippen LogP contribution in [0.25, 0.3) is 10.8 Å². The fourth-order valence-corrected chi connectivity index (χ4v) is 3.35. The lowest BCUT2D eigenvalue weighted by molar-refractivity contribution is 0.359. The molecule has 3 rings (SSSR count). The summed E-state index contributed by atoms with van der Waals surface area (Å²) in [5.41, 5.74) is 2.17. The van der Waals surface area contributed by atoms with Crippen molar-refractivity contribution < 1.29 is 4.42 Å². The number of thiocarbonyl (C=S) groups is 1. The van der Waals surface area contributed by atoms with Crippen molar-refractivity contribution in [2.45, 2.75) is 26.8 Å². The van der Waals surface area contributed by atoms with Gasteiger partial charge in [-0.25, -0.2) is 0 Å². The van der Waals surface area contributed by atoms with Crippen LogP contribution >= 0.6 is 23.6 Å². The van der Waals surface area contributed by atoms with E-state index in [9.17, 15) is 0 Å². The van der Waals surface area contributed by atoms with Crippen molar-refractivity contribution in [1.29, 1.82) is 0 Å². The van der Waals surface area contributed by atoms with Crippen LogP contribution in [0.4, 0.5) is 5.69 Å². The number of anilines is 1. The highest BCUT2D eigenvalue weighted by atomic mass is 32.1. The summed E-state index contributed by atoms with van der Waals surface area (Å²) in [6.45, 7) is 5.48. The SMILES string of the molecule is CCCN(Cc1nnc(-c2cccs2)o1)C(=S)Nc1cccc(C)c1. The van der Waals surface area contributed by atoms with Crippen LogP contribution in [-0.2, 0) is 6.54 Å². The Kier molecular flexibility index (Phi) is 5.78. The lowest BCUT2D eigenvalue weighted by Gasteiger charge is -2.24. The largest absolute Gasteiger partial charge is 0.418 e. The van der Waals surface area contributed by atoms with E-state index in [1.54, 1.807) is 11.3 Å². The second-order valence-corrected chi connectivity index (χ2v) is 7.03. The molecule has 2 heterocycles. The van der Waals surface area contributed by atoms with E-state index in [2.05, 4.69) is 41.5 Å². The quantitative estimate of drug-likeness (QED) is 0.632. The lowest BCUT2D eigenvalue weighted by atomic mass is 10.2. The third-order valence-corrected chi connectivity index (χ3v) is 4.79. The number of hydrogen-bond acceptors (Lipinski definition) is 5. The average Bonchev–Trinajstić information content (AvgIpc) is 3.26. The molecule has 1 N–H and O–H groups in total. The molecule has 0 fully saturated rings. The van der Waals surface area contributed by atoms with Gasteiger partial charge in [-0.1, -0.05) is 25.1 Å². The van der Waals surface area contributed by atoms with Gasteiger partial charge in [0.05, 0.1) is 11.4 Å². The second kappa shape index (κ2) is 8.22. The smallest absolute Gasteiger partial charge is 0.257 e. The van der Waals surface area contributed by atoms with Gasteiger partial charge in [0.15, 0.2) is 5.11 Å². The summed E-state index contributed by atoms with van der Waals surface area (Å²) in [5.74, 6) is 1.12. The van der Waals surface area contributed by atoms with E-state index in [1.165, 1.54) is 5.56 Å². The van der Waals surface area contributed by atoms with Crippen LogP contribution in [-0.4, -0.2) is 26.8 Å². The Labute approximate surface area is 156 Å². The molecule has 2 aromatic heterocycles. The standard InChI is InChI=1S/C18H20N4OS2/c1-3-9-22(18(24)19-14-7-4-6-13(2)11-14)12-16-20-21-17(23-16)15-8-5-10-25-15/h4-8,10-11H,3,9,12H2,1-2H3,(H,19,24). The lowest BCUT2D eigenvalue weighted by Crippen LogP contribution is -2.35. The van der Waals surface area contributed by atoms with Crippen LogP contribution in [0.1, 0.15) is 24.8 Å². The van der Waals surface area contributed by atoms with Crippen LogP contribution in [0.15, 0.2) is 46.2 Å². The zero-order valence-corrected chi connectivity index (χ0v) is 15.9. The van der Waals surface area contributed by atoms with Crippen molar-refractivity contribution in [3.05, 3.63) is 53.2 Å². The van der Waals surface area contributed by atoms with Crippen LogP contribution in [0, 0.1) is 6.92 Å². The number of thiophene rings is 1. The van der Waals surface area contributed by atoms with E-state index >= 15 is 0 Å². The van der Waals surface area contributed by atoms with Gasteiger partial charge >= 0.3 is 0 Å². The Hall–Kier alpha value is -2.25. The summed E-state index contributed by atoms with van der Waals surface area (Å²) in [7, 11) is 0. The third kappa shape index (κ3) is 4.64. The fourth-order valence-electron chi connectivity index (χ4n) is 2.43. The topological polar surface area (TPSA) is 54.2 Å². The van der Waals surface area contributed by atoms with Crippen molar-refractivity contribution in [2.24, 2.45) is 0 Å². The summed E-state index contributed by atoms with van der Waals surface area (Å²) in [6.07, 6.45) is 0.974. The molecule has 7 heteroatoms. The molecule has 0 saturated carbocycles. The molecule has 0 saturated heterocycles. The van der Waals surface area contributed by atoms with Crippen molar-refractivity contribution in [1.82, 2.24) is 15.1 Å². The Morgan fingerprint density at radius 2 is 2.16 bits per heavy atom. The maximum atomic E-state index is 5.78. The number of nitrogens with one attached hydrogen (secondary N) is 1. The van der Waals surface area contributed by atoms with Gasteiger partial charge in [0, 0.05) is 12.2 Å². The minimum absolute atomic E-state index is 0.490. The molecule has 130 valence electrons. The van der Waals surface area contributed by atoms with Crippen LogP contribution in [0.5, 0.6) is 0 Å². The molecule has 0 spiro atoms. The van der Waals surface area contributed by atoms with E-state index in [-0.39, 0.29) is 0 Å². The Bertz CT molecular complexity index is 829. The van der Waals surface area contributed by atoms with Crippen molar-refractivity contribution in [3.63, 3.8) is 0 Å². The van der Waals surface area contributed by atoms with E-state index in [0.717, 1.165) is 23.5 Å². The highest BCUT2D eigenvalue weighted by Gasteiger charge is 2.15. The van der Waals surface area contributed by atoms with E-state index in [4.69, 9.17) is 16.6 Å². The van der Waals surface area contributed by atoms with Crippen LogP contribution in [0.2, 0.25) is 0 Å². The summed E-state index contributed by atoms with van der Waals surface area (Å²) < 4.78 is 5.78. The Balaban J connectivity index is 1.69. The molecule has 1 aromatic carbocycles. The first-order valence-electron chi connectivity index (χ1n) is 8.14. The first-order valence-corrected chi connectivity index (χ1v) is 9.43. The minimum Gasteiger partial charge on any atom is -0.418 e. The maximum absolute atomic E-state index is 5.78. The van der Waals surface area contributed by atoms with Gasteiger partial charge in [-0.05, 0) is 54.7 Å². The number of aryl methyl sites for hydroxylation is 1. The normalized spacial score (nSPS) is 10.6. The molecule has 0 unspecified atom stereocenters. The summed E-state index contributed by atoms with van der Waals surface area (Å²) in [5, 5.41) is 14.2. The van der Waals surface area contributed by atoms with Gasteiger partial charge in [0.2, 0.25) is 5.89 Å². The first kappa shape index (κ1) is 17.6. The molecule has 0 amide bonds. The van der Waals surface area contributed by atoms with Crippen molar-refractivity contribution >= 4 is 34.4 Å². The second-order valence-electron chi connectivity index (χ2n) is 5.70. The summed E-state index contributed by atoms with van der Waals surface area (Å²) in [6, 6.07) is 12.1. The zero-order valence-electron chi connectivity index (χ0n) is 14.2. The number of nitrogens with zero attached hydrogens (tertiary/aromatic N) is 3. The number of benzene rings is 1. The average molecular weight is 373 g/mol. The number of aromatic nitrogens is 2. The Morgan fingerprint density at radius 1 is 1.28 bits per heavy atom. The molecule has 0 radical (unpaired) electrons. The predicted octanol–water partition coefficient (Wildman–Crippen LogP) is 4.72. The van der Waals surface area contributed by atoms with E-state index in [0.29, 0.717) is 23.4 Å².